The van der Waals surface area contributed by atoms with Gasteiger partial charge in [0.05, 0.1) is 12.2 Å². The second-order valence-electron chi connectivity index (χ2n) is 3.29. The molecule has 0 radical (unpaired) electrons. The van der Waals surface area contributed by atoms with Gasteiger partial charge in [0.25, 0.3) is 0 Å². The molecule has 3 heteroatoms. The lowest BCUT2D eigenvalue weighted by atomic mass is 10.0. The second kappa shape index (κ2) is 5.21. The van der Waals surface area contributed by atoms with Gasteiger partial charge >= 0.3 is 5.97 Å². The molecule has 0 unspecified atom stereocenters. The van der Waals surface area contributed by atoms with Crippen molar-refractivity contribution < 1.29 is 9.53 Å². The SMILES string of the molecule is CCOC(=O)c1ccc(SC)c(C)c1C. The lowest BCUT2D eigenvalue weighted by Gasteiger charge is -2.10. The van der Waals surface area contributed by atoms with E-state index in [1.54, 1.807) is 11.8 Å². The van der Waals surface area contributed by atoms with Gasteiger partial charge in [-0.15, -0.1) is 11.8 Å². The van der Waals surface area contributed by atoms with Crippen molar-refractivity contribution >= 4 is 17.7 Å². The van der Waals surface area contributed by atoms with Crippen molar-refractivity contribution in [2.45, 2.75) is 25.7 Å². The van der Waals surface area contributed by atoms with Gasteiger partial charge in [-0.2, -0.15) is 0 Å². The van der Waals surface area contributed by atoms with E-state index in [4.69, 9.17) is 4.74 Å². The highest BCUT2D eigenvalue weighted by Gasteiger charge is 2.12. The summed E-state index contributed by atoms with van der Waals surface area (Å²) in [6.45, 7) is 6.23. The molecule has 0 aromatic heterocycles. The number of ether oxygens (including phenoxy) is 1. The van der Waals surface area contributed by atoms with Gasteiger partial charge in [0.15, 0.2) is 0 Å². The minimum absolute atomic E-state index is 0.231. The van der Waals surface area contributed by atoms with Crippen LogP contribution in [0.3, 0.4) is 0 Å². The third-order valence-corrected chi connectivity index (χ3v) is 3.33. The molecule has 15 heavy (non-hydrogen) atoms. The Balaban J connectivity index is 3.11. The second-order valence-corrected chi connectivity index (χ2v) is 4.13. The number of rotatable bonds is 3. The van der Waals surface area contributed by atoms with E-state index in [1.165, 1.54) is 4.90 Å². The van der Waals surface area contributed by atoms with Gasteiger partial charge in [0.1, 0.15) is 0 Å². The molecule has 0 aliphatic rings. The quantitative estimate of drug-likeness (QED) is 0.582. The van der Waals surface area contributed by atoms with Crippen LogP contribution in [0.25, 0.3) is 0 Å². The highest BCUT2D eigenvalue weighted by Crippen LogP contribution is 2.25. The summed E-state index contributed by atoms with van der Waals surface area (Å²) in [5.74, 6) is -0.231. The standard InChI is InChI=1S/C12H16O2S/c1-5-14-12(13)10-6-7-11(15-4)9(3)8(10)2/h6-7H,5H2,1-4H3. The first kappa shape index (κ1) is 12.1. The number of thioether (sulfide) groups is 1. The van der Waals surface area contributed by atoms with Crippen LogP contribution < -0.4 is 0 Å². The fourth-order valence-corrected chi connectivity index (χ4v) is 2.11. The molecular weight excluding hydrogens is 208 g/mol. The zero-order valence-corrected chi connectivity index (χ0v) is 10.4. The van der Waals surface area contributed by atoms with Gasteiger partial charge in [0, 0.05) is 4.90 Å². The van der Waals surface area contributed by atoms with Crippen LogP contribution in [0.15, 0.2) is 17.0 Å². The molecular formula is C12H16O2S. The van der Waals surface area contributed by atoms with E-state index in [1.807, 2.05) is 39.2 Å². The van der Waals surface area contributed by atoms with Gasteiger partial charge in [-0.1, -0.05) is 0 Å². The molecule has 2 nitrogen and oxygen atoms in total. The average Bonchev–Trinajstić information content (AvgIpc) is 2.22. The van der Waals surface area contributed by atoms with Crippen LogP contribution in [0.4, 0.5) is 0 Å². The number of carbonyl (C=O) groups is 1. The largest absolute Gasteiger partial charge is 0.462 e. The van der Waals surface area contributed by atoms with Crippen LogP contribution in [-0.4, -0.2) is 18.8 Å². The summed E-state index contributed by atoms with van der Waals surface area (Å²) in [5, 5.41) is 0. The van der Waals surface area contributed by atoms with E-state index in [0.717, 1.165) is 11.1 Å². The number of hydrogen-bond acceptors (Lipinski definition) is 3. The summed E-state index contributed by atoms with van der Waals surface area (Å²) in [5.41, 5.74) is 2.85. The normalized spacial score (nSPS) is 10.1. The summed E-state index contributed by atoms with van der Waals surface area (Å²) in [6, 6.07) is 3.81. The lowest BCUT2D eigenvalue weighted by molar-refractivity contribution is 0.0525. The van der Waals surface area contributed by atoms with Crippen LogP contribution in [0.2, 0.25) is 0 Å². The Morgan fingerprint density at radius 3 is 2.53 bits per heavy atom. The molecule has 0 aliphatic carbocycles. The predicted molar refractivity (Wildman–Crippen MR) is 63.7 cm³/mol. The van der Waals surface area contributed by atoms with E-state index in [0.29, 0.717) is 12.2 Å². The van der Waals surface area contributed by atoms with Gasteiger partial charge in [-0.05, 0) is 50.3 Å². The van der Waals surface area contributed by atoms with Gasteiger partial charge in [-0.3, -0.25) is 0 Å². The van der Waals surface area contributed by atoms with Crippen molar-refractivity contribution in [2.75, 3.05) is 12.9 Å². The van der Waals surface area contributed by atoms with Crippen LogP contribution in [0.5, 0.6) is 0 Å². The maximum Gasteiger partial charge on any atom is 0.338 e. The monoisotopic (exact) mass is 224 g/mol. The smallest absolute Gasteiger partial charge is 0.338 e. The molecule has 0 saturated carbocycles. The Morgan fingerprint density at radius 1 is 1.33 bits per heavy atom. The molecule has 1 rings (SSSR count). The number of esters is 1. The highest BCUT2D eigenvalue weighted by molar-refractivity contribution is 7.98. The molecule has 0 N–H and O–H groups in total. The van der Waals surface area contributed by atoms with Gasteiger partial charge in [0.2, 0.25) is 0 Å². The maximum atomic E-state index is 11.6. The first-order valence-electron chi connectivity index (χ1n) is 4.93. The third kappa shape index (κ3) is 2.53. The van der Waals surface area contributed by atoms with Crippen LogP contribution in [-0.2, 0) is 4.74 Å². The van der Waals surface area contributed by atoms with Crippen molar-refractivity contribution in [3.63, 3.8) is 0 Å². The molecule has 0 fully saturated rings. The van der Waals surface area contributed by atoms with Crippen molar-refractivity contribution in [1.29, 1.82) is 0 Å². The van der Waals surface area contributed by atoms with Crippen LogP contribution in [0, 0.1) is 13.8 Å². The van der Waals surface area contributed by atoms with E-state index >= 15 is 0 Å². The third-order valence-electron chi connectivity index (χ3n) is 2.45. The van der Waals surface area contributed by atoms with Crippen molar-refractivity contribution in [2.24, 2.45) is 0 Å². The summed E-state index contributed by atoms with van der Waals surface area (Å²) in [6.07, 6.45) is 2.03. The van der Waals surface area contributed by atoms with E-state index in [2.05, 4.69) is 0 Å². The summed E-state index contributed by atoms with van der Waals surface area (Å²) in [4.78, 5) is 12.8. The fraction of sp³-hybridized carbons (Fsp3) is 0.417. The molecule has 0 bridgehead atoms. The summed E-state index contributed by atoms with van der Waals surface area (Å²) >= 11 is 1.69. The minimum Gasteiger partial charge on any atom is -0.462 e. The van der Waals surface area contributed by atoms with Crippen LogP contribution in [0.1, 0.15) is 28.4 Å². The Labute approximate surface area is 95.0 Å². The predicted octanol–water partition coefficient (Wildman–Crippen LogP) is 3.20. The first-order valence-corrected chi connectivity index (χ1v) is 6.15. The van der Waals surface area contributed by atoms with E-state index < -0.39 is 0 Å². The molecule has 1 aromatic carbocycles. The first-order chi connectivity index (χ1) is 7.11. The van der Waals surface area contributed by atoms with Gasteiger partial charge in [-0.25, -0.2) is 4.79 Å². The highest BCUT2D eigenvalue weighted by atomic mass is 32.2. The number of carbonyl (C=O) groups excluding carboxylic acids is 1. The zero-order valence-electron chi connectivity index (χ0n) is 9.59. The summed E-state index contributed by atoms with van der Waals surface area (Å²) in [7, 11) is 0. The topological polar surface area (TPSA) is 26.3 Å². The Morgan fingerprint density at radius 2 is 2.00 bits per heavy atom. The van der Waals surface area contributed by atoms with Gasteiger partial charge < -0.3 is 4.74 Å². The molecule has 0 heterocycles. The molecule has 0 spiro atoms. The van der Waals surface area contributed by atoms with Crippen molar-refractivity contribution in [3.8, 4) is 0 Å². The number of hydrogen-bond donors (Lipinski definition) is 0. The molecule has 0 saturated heterocycles. The Kier molecular flexibility index (Phi) is 4.21. The van der Waals surface area contributed by atoms with Crippen LogP contribution >= 0.6 is 11.8 Å². The molecule has 0 amide bonds. The molecule has 0 aliphatic heterocycles. The molecule has 0 atom stereocenters. The Bertz CT molecular complexity index is 372. The fourth-order valence-electron chi connectivity index (χ4n) is 1.45. The Hall–Kier alpha value is -0.960. The minimum atomic E-state index is -0.231. The molecule has 1 aromatic rings. The summed E-state index contributed by atoms with van der Waals surface area (Å²) < 4.78 is 4.99. The van der Waals surface area contributed by atoms with Crippen molar-refractivity contribution in [3.05, 3.63) is 28.8 Å². The molecule has 82 valence electrons. The zero-order chi connectivity index (χ0) is 11.4. The lowest BCUT2D eigenvalue weighted by Crippen LogP contribution is -2.07. The van der Waals surface area contributed by atoms with E-state index in [9.17, 15) is 4.79 Å². The number of benzene rings is 1. The maximum absolute atomic E-state index is 11.6. The van der Waals surface area contributed by atoms with Crippen molar-refractivity contribution in [1.82, 2.24) is 0 Å². The average molecular weight is 224 g/mol. The van der Waals surface area contributed by atoms with E-state index in [-0.39, 0.29) is 5.97 Å².